The number of anilines is 2. The number of amides is 2. The molecule has 0 radical (unpaired) electrons. The molecule has 4 aromatic carbocycles. The van der Waals surface area contributed by atoms with E-state index in [1.807, 2.05) is 13.1 Å². The molecular formula is C53H59ClF2N8O8S2. The first kappa shape index (κ1) is 55.5. The average Bonchev–Trinajstić information content (AvgIpc) is 3.79. The molecule has 2 saturated carbocycles. The normalized spacial score (nSPS) is 18.9. The number of hydrogen-bond acceptors (Lipinski definition) is 11. The molecule has 16 nitrogen and oxygen atoms in total. The first-order valence-electron chi connectivity index (χ1n) is 24.0. The molecule has 5 N–H and O–H groups in total. The van der Waals surface area contributed by atoms with Crippen molar-refractivity contribution in [1.82, 2.24) is 20.4 Å². The minimum Gasteiger partial charge on any atom is -0.399 e. The summed E-state index contributed by atoms with van der Waals surface area (Å²) >= 11 is 0. The van der Waals surface area contributed by atoms with Crippen LogP contribution in [0, 0.1) is 24.8 Å². The molecule has 2 spiro atoms. The van der Waals surface area contributed by atoms with Crippen LogP contribution in [0.25, 0.3) is 9.69 Å². The molecule has 2 aliphatic heterocycles. The molecule has 0 atom stereocenters. The monoisotopic (exact) mass is 1070 g/mol. The van der Waals surface area contributed by atoms with Crippen molar-refractivity contribution < 1.29 is 44.8 Å². The van der Waals surface area contributed by atoms with Crippen LogP contribution in [0.1, 0.15) is 115 Å². The van der Waals surface area contributed by atoms with Gasteiger partial charge in [0.05, 0.1) is 24.0 Å². The number of likely N-dealkylation sites (tertiary alicyclic amines) is 2. The van der Waals surface area contributed by atoms with Gasteiger partial charge in [0, 0.05) is 58.1 Å². The zero-order chi connectivity index (χ0) is 52.6. The van der Waals surface area contributed by atoms with Gasteiger partial charge in [-0.2, -0.15) is 0 Å². The van der Waals surface area contributed by atoms with Crippen LogP contribution in [0.15, 0.2) is 70.5 Å². The van der Waals surface area contributed by atoms with Crippen LogP contribution >= 0.6 is 10.7 Å². The van der Waals surface area contributed by atoms with Crippen molar-refractivity contribution in [3.63, 3.8) is 0 Å². The van der Waals surface area contributed by atoms with E-state index in [4.69, 9.17) is 29.6 Å². The van der Waals surface area contributed by atoms with Crippen LogP contribution in [-0.2, 0) is 52.3 Å². The third-order valence-electron chi connectivity index (χ3n) is 15.2. The number of nitrogen functional groups attached to an aromatic ring is 1. The van der Waals surface area contributed by atoms with Gasteiger partial charge in [0.25, 0.3) is 30.9 Å². The molecule has 392 valence electrons. The summed E-state index contributed by atoms with van der Waals surface area (Å²) in [4.78, 5) is 61.1. The lowest BCUT2D eigenvalue weighted by atomic mass is 9.64. The van der Waals surface area contributed by atoms with Crippen molar-refractivity contribution in [2.24, 2.45) is 0 Å². The summed E-state index contributed by atoms with van der Waals surface area (Å²) in [6.07, 6.45) is 9.17. The Morgan fingerprint density at radius 3 is 1.49 bits per heavy atom. The number of ketones is 2. The number of nitrogens with two attached hydrogens (primary N) is 1. The fraction of sp³-hybridized carbons (Fsp3) is 0.434. The SMILES string of the molecule is C.CN1CCC(NC(=O)c2cc(N)cc3c2CC(=O)C32CCC2)CC1.[C-]#[N+]c1ccc(S(=O)(=O)Cl)c(F)c1.[C-]#[N+]c1ccc(S(=O)(=O)Nc2cc(C(=O)NC3CCN(C)CC3)c3c(c2)C2(CCC2)C(=O)C3)c(F)c1. The molecule has 0 bridgehead atoms. The van der Waals surface area contributed by atoms with E-state index in [1.165, 1.54) is 18.2 Å². The van der Waals surface area contributed by atoms with Crippen molar-refractivity contribution in [2.75, 3.05) is 50.7 Å². The molecule has 2 amide bonds. The average molecular weight is 1070 g/mol. The smallest absolute Gasteiger partial charge is 0.264 e. The van der Waals surface area contributed by atoms with E-state index in [0.29, 0.717) is 41.6 Å². The van der Waals surface area contributed by atoms with Crippen molar-refractivity contribution in [3.8, 4) is 0 Å². The van der Waals surface area contributed by atoms with Gasteiger partial charge in [-0.05, 0) is 162 Å². The largest absolute Gasteiger partial charge is 0.399 e. The first-order valence-corrected chi connectivity index (χ1v) is 27.8. The molecule has 4 aliphatic carbocycles. The van der Waals surface area contributed by atoms with E-state index in [2.05, 4.69) is 41.9 Å². The van der Waals surface area contributed by atoms with Crippen LogP contribution < -0.4 is 21.1 Å². The third kappa shape index (κ3) is 11.2. The summed E-state index contributed by atoms with van der Waals surface area (Å²) in [5.41, 5.74) is 9.94. The van der Waals surface area contributed by atoms with Gasteiger partial charge in [0.2, 0.25) is 0 Å². The Morgan fingerprint density at radius 2 is 1.09 bits per heavy atom. The maximum atomic E-state index is 14.5. The Labute approximate surface area is 435 Å². The van der Waals surface area contributed by atoms with Gasteiger partial charge < -0.3 is 26.2 Å². The Kier molecular flexibility index (Phi) is 16.4. The molecule has 2 heterocycles. The summed E-state index contributed by atoms with van der Waals surface area (Å²) in [5.74, 6) is -2.14. The zero-order valence-electron chi connectivity index (χ0n) is 40.3. The molecule has 0 unspecified atom stereocenters. The highest BCUT2D eigenvalue weighted by Gasteiger charge is 2.53. The fourth-order valence-corrected chi connectivity index (χ4v) is 12.8. The number of piperidine rings is 2. The molecule has 4 fully saturated rings. The van der Waals surface area contributed by atoms with Crippen molar-refractivity contribution in [3.05, 3.63) is 129 Å². The zero-order valence-corrected chi connectivity index (χ0v) is 42.7. The van der Waals surface area contributed by atoms with Gasteiger partial charge in [-0.3, -0.25) is 23.9 Å². The second-order valence-electron chi connectivity index (χ2n) is 19.8. The van der Waals surface area contributed by atoms with Crippen LogP contribution in [0.3, 0.4) is 0 Å². The summed E-state index contributed by atoms with van der Waals surface area (Å²) in [6.45, 7) is 17.3. The maximum absolute atomic E-state index is 14.5. The highest BCUT2D eigenvalue weighted by Crippen LogP contribution is 2.53. The number of nitrogens with one attached hydrogen (secondary N) is 3. The molecule has 6 aliphatic rings. The topological polar surface area (TPSA) is 214 Å². The lowest BCUT2D eigenvalue weighted by molar-refractivity contribution is -0.126. The van der Waals surface area contributed by atoms with Crippen LogP contribution in [0.5, 0.6) is 0 Å². The fourth-order valence-electron chi connectivity index (χ4n) is 10.8. The van der Waals surface area contributed by atoms with Gasteiger partial charge >= 0.3 is 0 Å². The summed E-state index contributed by atoms with van der Waals surface area (Å²) in [5, 5.41) is 6.22. The predicted octanol–water partition coefficient (Wildman–Crippen LogP) is 8.13. The van der Waals surface area contributed by atoms with E-state index >= 15 is 0 Å². The maximum Gasteiger partial charge on any atom is 0.264 e. The lowest BCUT2D eigenvalue weighted by Crippen LogP contribution is -2.43. The van der Waals surface area contributed by atoms with E-state index in [9.17, 15) is 44.8 Å². The molecular weight excluding hydrogens is 1010 g/mol. The molecule has 0 aromatic heterocycles. The Morgan fingerprint density at radius 1 is 0.676 bits per heavy atom. The van der Waals surface area contributed by atoms with Gasteiger partial charge in [0.1, 0.15) is 33.0 Å². The van der Waals surface area contributed by atoms with Gasteiger partial charge in [-0.25, -0.2) is 35.3 Å². The molecule has 21 heteroatoms. The van der Waals surface area contributed by atoms with Crippen molar-refractivity contribution in [1.29, 1.82) is 0 Å². The quantitative estimate of drug-likeness (QED) is 0.0751. The Bertz CT molecular complexity index is 3230. The van der Waals surface area contributed by atoms with E-state index < -0.39 is 45.9 Å². The van der Waals surface area contributed by atoms with E-state index in [0.717, 1.165) is 113 Å². The number of carbonyl (C=O) groups excluding carboxylic acids is 4. The number of fused-ring (bicyclic) bond motifs is 4. The minimum absolute atomic E-state index is 0. The first-order chi connectivity index (χ1) is 34.6. The summed E-state index contributed by atoms with van der Waals surface area (Å²) < 4.78 is 77.4. The number of carbonyl (C=O) groups is 4. The predicted molar refractivity (Wildman–Crippen MR) is 278 cm³/mol. The Hall–Kier alpha value is -6.29. The Balaban J connectivity index is 0.000000181. The second-order valence-corrected chi connectivity index (χ2v) is 24.0. The van der Waals surface area contributed by atoms with Crippen LogP contribution in [0.2, 0.25) is 0 Å². The third-order valence-corrected chi connectivity index (χ3v) is 18.0. The molecule has 4 aromatic rings. The highest BCUT2D eigenvalue weighted by atomic mass is 35.7. The molecule has 10 rings (SSSR count). The van der Waals surface area contributed by atoms with Crippen molar-refractivity contribution >= 4 is 75.9 Å². The van der Waals surface area contributed by atoms with Crippen molar-refractivity contribution in [2.45, 2.75) is 117 Å². The number of nitrogens with zero attached hydrogens (tertiary/aromatic N) is 4. The number of halogens is 3. The highest BCUT2D eigenvalue weighted by molar-refractivity contribution is 8.13. The van der Waals surface area contributed by atoms with Crippen LogP contribution in [0.4, 0.5) is 31.5 Å². The summed E-state index contributed by atoms with van der Waals surface area (Å²) in [6, 6.07) is 13.0. The summed E-state index contributed by atoms with van der Waals surface area (Å²) in [7, 11) is 0.632. The molecule has 74 heavy (non-hydrogen) atoms. The van der Waals surface area contributed by atoms with Crippen LogP contribution in [-0.4, -0.2) is 102 Å². The van der Waals surface area contributed by atoms with Gasteiger partial charge in [-0.1, -0.05) is 32.4 Å². The number of hydrogen-bond donors (Lipinski definition) is 4. The second kappa shape index (κ2) is 21.9. The number of benzene rings is 4. The van der Waals surface area contributed by atoms with Gasteiger partial charge in [0.15, 0.2) is 11.4 Å². The standard InChI is InChI=1S/C26H27FN4O4S.C19H25N3O2.C7H3ClFNO2S.CH4/c1-28-17-4-5-23(22(27)14-17)36(34,35)30-18-12-20(25(33)29-16-6-10-31(2)11-7-16)19-15-24(32)26(8-3-9-26)21(19)13-18;1-22-7-3-13(4-8-22)21-18(24)15-9-12(20)10-16-14(15)11-17(23)19(16)5-2-6-19;1-10-5-2-3-7(6(9)4-5)13(8,11)12;/h4-5,12-14,16,30H,3,6-11,15H2,2H3,(H,29,33);9-10,13H,2-8,11,20H2,1H3,(H,21,24);2-4H;1H4. The lowest BCUT2D eigenvalue weighted by Gasteiger charge is -2.38. The van der Waals surface area contributed by atoms with E-state index in [-0.39, 0.29) is 77.4 Å². The number of Topliss-reactive ketones (excluding diaryl/α,β-unsaturated/α-hetero) is 2. The van der Waals surface area contributed by atoms with Gasteiger partial charge in [-0.15, -0.1) is 0 Å². The minimum atomic E-state index is -4.35. The number of sulfonamides is 1. The van der Waals surface area contributed by atoms with E-state index in [1.54, 1.807) is 12.1 Å². The number of rotatable bonds is 8. The molecule has 2 saturated heterocycles.